The van der Waals surface area contributed by atoms with Gasteiger partial charge in [-0.1, -0.05) is 39.8 Å². The summed E-state index contributed by atoms with van der Waals surface area (Å²) in [5.74, 6) is -1.69. The van der Waals surface area contributed by atoms with Crippen LogP contribution in [0.3, 0.4) is 0 Å². The van der Waals surface area contributed by atoms with Crippen molar-refractivity contribution in [3.8, 4) is 0 Å². The summed E-state index contributed by atoms with van der Waals surface area (Å²) in [4.78, 5) is 17.9. The summed E-state index contributed by atoms with van der Waals surface area (Å²) in [7, 11) is -3.45. The molecule has 0 bridgehead atoms. The highest BCUT2D eigenvalue weighted by Crippen LogP contribution is 2.35. The van der Waals surface area contributed by atoms with E-state index in [1.165, 1.54) is 42.7 Å². The topological polar surface area (TPSA) is 122 Å². The van der Waals surface area contributed by atoms with Crippen LogP contribution in [0.15, 0.2) is 41.3 Å². The molecule has 2 aromatic carbocycles. The summed E-state index contributed by atoms with van der Waals surface area (Å²) in [6, 6.07) is 6.08. The Morgan fingerprint density at radius 1 is 1.07 bits per heavy atom. The molecule has 0 aliphatic heterocycles. The maximum Gasteiger partial charge on any atom is 0.416 e. The number of hydrogen-bond acceptors (Lipinski definition) is 6. The number of hydrogen-bond donors (Lipinski definition) is 3. The first-order chi connectivity index (χ1) is 18.9. The SMILES string of the molecule is CCS(=O)(=O)c1ccc([C@H](CO)NC(=O)c2nc(C(C)(C)C)n(Cc3cc(CO)c(F)cc3C(F)(F)F)c2C)cc1. The van der Waals surface area contributed by atoms with Gasteiger partial charge in [0.25, 0.3) is 5.91 Å². The molecule has 0 unspecified atom stereocenters. The second-order valence-corrected chi connectivity index (χ2v) is 12.9. The molecule has 0 radical (unpaired) electrons. The third-order valence-corrected chi connectivity index (χ3v) is 8.44. The molecule has 224 valence electrons. The number of aromatic nitrogens is 2. The smallest absolute Gasteiger partial charge is 0.394 e. The number of amides is 1. The van der Waals surface area contributed by atoms with E-state index in [0.717, 1.165) is 6.07 Å². The lowest BCUT2D eigenvalue weighted by atomic mass is 9.95. The molecule has 3 aromatic rings. The number of alkyl halides is 3. The van der Waals surface area contributed by atoms with Crippen LogP contribution in [0, 0.1) is 12.7 Å². The molecule has 0 spiro atoms. The van der Waals surface area contributed by atoms with E-state index in [4.69, 9.17) is 0 Å². The van der Waals surface area contributed by atoms with Gasteiger partial charge in [0.15, 0.2) is 9.84 Å². The minimum absolute atomic E-state index is 0.0865. The average Bonchev–Trinajstić information content (AvgIpc) is 3.23. The fourth-order valence-electron chi connectivity index (χ4n) is 4.41. The minimum atomic E-state index is -4.87. The first kappa shape index (κ1) is 32.2. The van der Waals surface area contributed by atoms with Crippen molar-refractivity contribution >= 4 is 15.7 Å². The van der Waals surface area contributed by atoms with Crippen molar-refractivity contribution in [3.63, 3.8) is 0 Å². The van der Waals surface area contributed by atoms with Gasteiger partial charge in [-0.2, -0.15) is 13.2 Å². The van der Waals surface area contributed by atoms with E-state index < -0.39 is 64.5 Å². The Hall–Kier alpha value is -3.29. The van der Waals surface area contributed by atoms with Gasteiger partial charge < -0.3 is 20.1 Å². The Balaban J connectivity index is 2.03. The average molecular weight is 600 g/mol. The number of rotatable bonds is 9. The lowest BCUT2D eigenvalue weighted by molar-refractivity contribution is -0.138. The minimum Gasteiger partial charge on any atom is -0.394 e. The Morgan fingerprint density at radius 2 is 1.68 bits per heavy atom. The van der Waals surface area contributed by atoms with Crippen LogP contribution in [0.1, 0.15) is 78.0 Å². The molecule has 13 heteroatoms. The molecule has 8 nitrogen and oxygen atoms in total. The molecule has 3 rings (SSSR count). The van der Waals surface area contributed by atoms with Gasteiger partial charge in [0.1, 0.15) is 17.3 Å². The third kappa shape index (κ3) is 6.96. The maximum atomic E-state index is 14.2. The normalized spacial score (nSPS) is 13.3. The van der Waals surface area contributed by atoms with Gasteiger partial charge in [-0.05, 0) is 42.3 Å². The zero-order valence-electron chi connectivity index (χ0n) is 23.3. The quantitative estimate of drug-likeness (QED) is 0.313. The van der Waals surface area contributed by atoms with Crippen LogP contribution in [-0.4, -0.2) is 46.4 Å². The van der Waals surface area contributed by atoms with Gasteiger partial charge >= 0.3 is 6.18 Å². The largest absolute Gasteiger partial charge is 0.416 e. The predicted octanol–water partition coefficient (Wildman–Crippen LogP) is 4.44. The molecule has 0 aliphatic rings. The van der Waals surface area contributed by atoms with Crippen molar-refractivity contribution in [3.05, 3.63) is 81.7 Å². The van der Waals surface area contributed by atoms with Crippen molar-refractivity contribution in [1.82, 2.24) is 14.9 Å². The van der Waals surface area contributed by atoms with Gasteiger partial charge in [0, 0.05) is 23.2 Å². The highest BCUT2D eigenvalue weighted by molar-refractivity contribution is 7.91. The summed E-state index contributed by atoms with van der Waals surface area (Å²) in [6.07, 6.45) is -4.87. The Morgan fingerprint density at radius 3 is 2.17 bits per heavy atom. The van der Waals surface area contributed by atoms with Gasteiger partial charge in [-0.15, -0.1) is 0 Å². The molecule has 41 heavy (non-hydrogen) atoms. The molecule has 1 aromatic heterocycles. The van der Waals surface area contributed by atoms with Crippen LogP contribution in [0.5, 0.6) is 0 Å². The van der Waals surface area contributed by atoms with E-state index in [-0.39, 0.29) is 39.0 Å². The Kier molecular flexibility index (Phi) is 9.36. The summed E-state index contributed by atoms with van der Waals surface area (Å²) in [5, 5.41) is 22.1. The Bertz CT molecular complexity index is 1530. The molecular weight excluding hydrogens is 566 g/mol. The van der Waals surface area contributed by atoms with Crippen LogP contribution >= 0.6 is 0 Å². The molecule has 1 amide bonds. The number of imidazole rings is 1. The van der Waals surface area contributed by atoms with Gasteiger partial charge in [0.05, 0.1) is 35.5 Å². The molecular formula is C28H33F4N3O5S. The van der Waals surface area contributed by atoms with Crippen molar-refractivity contribution in [2.75, 3.05) is 12.4 Å². The van der Waals surface area contributed by atoms with Crippen LogP contribution in [0.4, 0.5) is 17.6 Å². The van der Waals surface area contributed by atoms with Crippen LogP contribution in [-0.2, 0) is 34.6 Å². The second-order valence-electron chi connectivity index (χ2n) is 10.6. The van der Waals surface area contributed by atoms with Crippen molar-refractivity contribution in [1.29, 1.82) is 0 Å². The second kappa shape index (κ2) is 11.9. The number of nitrogens with zero attached hydrogens (tertiary/aromatic N) is 2. The summed E-state index contributed by atoms with van der Waals surface area (Å²) in [5.41, 5.74) is -1.96. The zero-order chi connectivity index (χ0) is 30.9. The molecule has 0 saturated carbocycles. The molecule has 3 N–H and O–H groups in total. The standard InChI is InChI=1S/C28H33F4N3O5S/c1-6-41(39,40)20-9-7-17(8-10-20)23(15-37)33-25(38)24-16(2)35(26(34-24)27(3,4)5)13-18-11-19(14-36)22(29)12-21(18)28(30,31)32/h7-12,23,36-37H,6,13-15H2,1-5H3,(H,33,38)/t23-/m0/s1. The van der Waals surface area contributed by atoms with Gasteiger partial charge in [0.2, 0.25) is 0 Å². The molecule has 0 fully saturated rings. The van der Waals surface area contributed by atoms with E-state index >= 15 is 0 Å². The number of carbonyl (C=O) groups is 1. The van der Waals surface area contributed by atoms with Crippen LogP contribution in [0.2, 0.25) is 0 Å². The van der Waals surface area contributed by atoms with Gasteiger partial charge in [-0.25, -0.2) is 17.8 Å². The van der Waals surface area contributed by atoms with E-state index in [9.17, 15) is 41.0 Å². The van der Waals surface area contributed by atoms with Crippen LogP contribution in [0.25, 0.3) is 0 Å². The number of aliphatic hydroxyl groups excluding tert-OH is 2. The van der Waals surface area contributed by atoms with Crippen molar-refractivity contribution in [2.24, 2.45) is 0 Å². The third-order valence-electron chi connectivity index (χ3n) is 6.69. The summed E-state index contributed by atoms with van der Waals surface area (Å²) < 4.78 is 81.3. The molecule has 1 heterocycles. The lowest BCUT2D eigenvalue weighted by Crippen LogP contribution is -2.31. The summed E-state index contributed by atoms with van der Waals surface area (Å²) in [6.45, 7) is 6.60. The summed E-state index contributed by atoms with van der Waals surface area (Å²) >= 11 is 0. The van der Waals surface area contributed by atoms with E-state index in [1.807, 2.05) is 0 Å². The number of carbonyl (C=O) groups excluding carboxylic acids is 1. The van der Waals surface area contributed by atoms with E-state index in [2.05, 4.69) is 10.3 Å². The van der Waals surface area contributed by atoms with Crippen molar-refractivity contribution < 1.29 is 41.0 Å². The van der Waals surface area contributed by atoms with E-state index in [1.54, 1.807) is 20.8 Å². The molecule has 1 atom stereocenters. The van der Waals surface area contributed by atoms with Crippen molar-refractivity contribution in [2.45, 2.75) is 70.3 Å². The maximum absolute atomic E-state index is 14.2. The van der Waals surface area contributed by atoms with E-state index in [0.29, 0.717) is 11.6 Å². The predicted molar refractivity (Wildman–Crippen MR) is 144 cm³/mol. The number of halogens is 4. The van der Waals surface area contributed by atoms with Crippen LogP contribution < -0.4 is 5.32 Å². The first-order valence-corrected chi connectivity index (χ1v) is 14.4. The molecule has 0 saturated heterocycles. The fraction of sp³-hybridized carbons (Fsp3) is 0.429. The zero-order valence-corrected chi connectivity index (χ0v) is 24.1. The highest BCUT2D eigenvalue weighted by Gasteiger charge is 2.36. The number of sulfone groups is 1. The molecule has 0 aliphatic carbocycles. The van der Waals surface area contributed by atoms with Gasteiger partial charge in [-0.3, -0.25) is 4.79 Å². The lowest BCUT2D eigenvalue weighted by Gasteiger charge is -2.22. The number of nitrogens with one attached hydrogen (secondary N) is 1. The highest BCUT2D eigenvalue weighted by atomic mass is 32.2. The number of benzene rings is 2. The fourth-order valence-corrected chi connectivity index (χ4v) is 5.29. The monoisotopic (exact) mass is 599 g/mol. The first-order valence-electron chi connectivity index (χ1n) is 12.8. The Labute approximate surface area is 236 Å². The number of aliphatic hydroxyl groups is 2.